The van der Waals surface area contributed by atoms with Gasteiger partial charge in [-0.15, -0.1) is 0 Å². The number of nitrogens with one attached hydrogen (secondary N) is 1. The molecule has 0 amide bonds. The van der Waals surface area contributed by atoms with Crippen LogP contribution < -0.4 is 11.1 Å². The lowest BCUT2D eigenvalue weighted by Crippen LogP contribution is -2.34. The summed E-state index contributed by atoms with van der Waals surface area (Å²) in [7, 11) is 0. The van der Waals surface area contributed by atoms with E-state index in [9.17, 15) is 0 Å². The highest BCUT2D eigenvalue weighted by atomic mass is 15.1. The summed E-state index contributed by atoms with van der Waals surface area (Å²) in [5.74, 6) is 1.51. The number of aromatic nitrogens is 2. The van der Waals surface area contributed by atoms with Crippen molar-refractivity contribution in [1.82, 2.24) is 9.38 Å². The molecule has 0 spiro atoms. The highest BCUT2D eigenvalue weighted by Crippen LogP contribution is 2.11. The van der Waals surface area contributed by atoms with Gasteiger partial charge in [-0.25, -0.2) is 4.98 Å². The van der Waals surface area contributed by atoms with Crippen LogP contribution in [-0.2, 0) is 0 Å². The fourth-order valence-electron chi connectivity index (χ4n) is 1.55. The van der Waals surface area contributed by atoms with Crippen molar-refractivity contribution in [2.24, 2.45) is 11.7 Å². The van der Waals surface area contributed by atoms with Gasteiger partial charge in [-0.1, -0.05) is 19.9 Å². The third-order valence-electron chi connectivity index (χ3n) is 2.80. The number of pyridine rings is 1. The van der Waals surface area contributed by atoms with Gasteiger partial charge in [0, 0.05) is 25.0 Å². The van der Waals surface area contributed by atoms with Crippen molar-refractivity contribution in [2.75, 3.05) is 11.9 Å². The highest BCUT2D eigenvalue weighted by molar-refractivity contribution is 5.49. The summed E-state index contributed by atoms with van der Waals surface area (Å²) in [5, 5.41) is 3.35. The fraction of sp³-hybridized carbons (Fsp3) is 0.417. The van der Waals surface area contributed by atoms with E-state index >= 15 is 0 Å². The molecule has 2 aromatic rings. The molecule has 0 aromatic carbocycles. The van der Waals surface area contributed by atoms with Crippen LogP contribution in [0.1, 0.15) is 13.8 Å². The molecule has 1 atom stereocenters. The molecule has 0 saturated heterocycles. The Hall–Kier alpha value is -1.55. The van der Waals surface area contributed by atoms with Crippen LogP contribution in [-0.4, -0.2) is 22.0 Å². The number of hydrogen-bond donors (Lipinski definition) is 2. The van der Waals surface area contributed by atoms with Gasteiger partial charge in [0.15, 0.2) is 0 Å². The molecule has 0 saturated carbocycles. The zero-order chi connectivity index (χ0) is 11.5. The number of imidazole rings is 1. The molecule has 0 aliphatic rings. The van der Waals surface area contributed by atoms with Crippen molar-refractivity contribution < 1.29 is 0 Å². The Balaban J connectivity index is 2.12. The first-order valence-corrected chi connectivity index (χ1v) is 5.60. The Bertz CT molecular complexity index is 461. The second kappa shape index (κ2) is 4.53. The molecule has 2 aromatic heterocycles. The Labute approximate surface area is 95.5 Å². The van der Waals surface area contributed by atoms with E-state index in [4.69, 9.17) is 5.73 Å². The van der Waals surface area contributed by atoms with Crippen molar-refractivity contribution in [3.8, 4) is 0 Å². The van der Waals surface area contributed by atoms with Crippen molar-refractivity contribution in [1.29, 1.82) is 0 Å². The van der Waals surface area contributed by atoms with Gasteiger partial charge in [0.25, 0.3) is 0 Å². The summed E-state index contributed by atoms with van der Waals surface area (Å²) >= 11 is 0. The quantitative estimate of drug-likeness (QED) is 0.821. The maximum absolute atomic E-state index is 6.00. The number of hydrogen-bond acceptors (Lipinski definition) is 3. The van der Waals surface area contributed by atoms with Crippen molar-refractivity contribution >= 4 is 11.5 Å². The van der Waals surface area contributed by atoms with E-state index in [0.717, 1.165) is 18.0 Å². The summed E-state index contributed by atoms with van der Waals surface area (Å²) in [4.78, 5) is 4.23. The second-order valence-corrected chi connectivity index (χ2v) is 4.36. The summed E-state index contributed by atoms with van der Waals surface area (Å²) in [6, 6.07) is 6.17. The van der Waals surface area contributed by atoms with Crippen LogP contribution in [0.15, 0.2) is 30.6 Å². The molecule has 0 bridgehead atoms. The predicted molar refractivity (Wildman–Crippen MR) is 66.5 cm³/mol. The van der Waals surface area contributed by atoms with Gasteiger partial charge in [0.1, 0.15) is 11.5 Å². The average molecular weight is 218 g/mol. The molecule has 4 nitrogen and oxygen atoms in total. The van der Waals surface area contributed by atoms with Crippen LogP contribution >= 0.6 is 0 Å². The van der Waals surface area contributed by atoms with Crippen molar-refractivity contribution in [3.05, 3.63) is 30.6 Å². The molecule has 0 fully saturated rings. The number of nitrogens with two attached hydrogens (primary N) is 1. The topological polar surface area (TPSA) is 55.3 Å². The summed E-state index contributed by atoms with van der Waals surface area (Å²) in [6.45, 7) is 5.03. The lowest BCUT2D eigenvalue weighted by Gasteiger charge is -2.17. The van der Waals surface area contributed by atoms with E-state index in [1.54, 1.807) is 6.20 Å². The largest absolute Gasteiger partial charge is 0.370 e. The van der Waals surface area contributed by atoms with Crippen LogP contribution in [0, 0.1) is 5.92 Å². The maximum Gasteiger partial charge on any atom is 0.138 e. The minimum atomic E-state index is 0.166. The van der Waals surface area contributed by atoms with Gasteiger partial charge in [-0.05, 0) is 18.1 Å². The molecule has 2 rings (SSSR count). The molecule has 3 N–H and O–H groups in total. The maximum atomic E-state index is 6.00. The second-order valence-electron chi connectivity index (χ2n) is 4.36. The Kier molecular flexibility index (Phi) is 3.10. The van der Waals surface area contributed by atoms with E-state index in [2.05, 4.69) is 24.1 Å². The third kappa shape index (κ3) is 2.17. The van der Waals surface area contributed by atoms with Crippen LogP contribution in [0.3, 0.4) is 0 Å². The van der Waals surface area contributed by atoms with E-state index < -0.39 is 0 Å². The number of nitrogens with zero attached hydrogens (tertiary/aromatic N) is 2. The van der Waals surface area contributed by atoms with Gasteiger partial charge in [0.2, 0.25) is 0 Å². The molecule has 16 heavy (non-hydrogen) atoms. The summed E-state index contributed by atoms with van der Waals surface area (Å²) in [5.41, 5.74) is 6.94. The molecule has 2 heterocycles. The third-order valence-corrected chi connectivity index (χ3v) is 2.80. The Morgan fingerprint density at radius 3 is 3.00 bits per heavy atom. The smallest absolute Gasteiger partial charge is 0.138 e. The van der Waals surface area contributed by atoms with Crippen LogP contribution in [0.4, 0.5) is 5.82 Å². The number of fused-ring (bicyclic) bond motifs is 1. The van der Waals surface area contributed by atoms with E-state index in [1.807, 2.05) is 28.8 Å². The first-order valence-electron chi connectivity index (χ1n) is 5.60. The fourth-order valence-corrected chi connectivity index (χ4v) is 1.55. The lowest BCUT2D eigenvalue weighted by molar-refractivity contribution is 0.511. The van der Waals surface area contributed by atoms with E-state index in [0.29, 0.717) is 5.92 Å². The molecular formula is C12H18N4. The molecule has 86 valence electrons. The van der Waals surface area contributed by atoms with Gasteiger partial charge in [0.05, 0.1) is 0 Å². The molecule has 0 aliphatic heterocycles. The van der Waals surface area contributed by atoms with Crippen LogP contribution in [0.5, 0.6) is 0 Å². The predicted octanol–water partition coefficient (Wildman–Crippen LogP) is 1.73. The van der Waals surface area contributed by atoms with Gasteiger partial charge in [-0.3, -0.25) is 4.40 Å². The van der Waals surface area contributed by atoms with Gasteiger partial charge >= 0.3 is 0 Å². The number of rotatable bonds is 4. The molecule has 0 aliphatic carbocycles. The van der Waals surface area contributed by atoms with Crippen LogP contribution in [0.2, 0.25) is 0 Å². The Morgan fingerprint density at radius 2 is 2.25 bits per heavy atom. The van der Waals surface area contributed by atoms with E-state index in [-0.39, 0.29) is 6.04 Å². The first-order chi connectivity index (χ1) is 7.68. The average Bonchev–Trinajstić information content (AvgIpc) is 2.73. The molecule has 4 heteroatoms. The van der Waals surface area contributed by atoms with Gasteiger partial charge in [-0.2, -0.15) is 0 Å². The highest BCUT2D eigenvalue weighted by Gasteiger charge is 2.07. The standard InChI is InChI=1S/C12H18N4/c1-9(2)10(13)8-15-12-5-3-4-11-14-6-7-16(11)12/h3-7,9-10,15H,8,13H2,1-2H3. The monoisotopic (exact) mass is 218 g/mol. The molecule has 1 unspecified atom stereocenters. The summed E-state index contributed by atoms with van der Waals surface area (Å²) < 4.78 is 2.02. The first kappa shape index (κ1) is 11.0. The van der Waals surface area contributed by atoms with Crippen molar-refractivity contribution in [3.63, 3.8) is 0 Å². The summed E-state index contributed by atoms with van der Waals surface area (Å²) in [6.07, 6.45) is 3.74. The van der Waals surface area contributed by atoms with Crippen molar-refractivity contribution in [2.45, 2.75) is 19.9 Å². The minimum absolute atomic E-state index is 0.166. The zero-order valence-electron chi connectivity index (χ0n) is 9.72. The zero-order valence-corrected chi connectivity index (χ0v) is 9.72. The Morgan fingerprint density at radius 1 is 1.44 bits per heavy atom. The van der Waals surface area contributed by atoms with Gasteiger partial charge < -0.3 is 11.1 Å². The number of anilines is 1. The molecular weight excluding hydrogens is 200 g/mol. The normalized spacial score (nSPS) is 13.2. The van der Waals surface area contributed by atoms with Crippen LogP contribution in [0.25, 0.3) is 5.65 Å². The molecule has 0 radical (unpaired) electrons. The lowest BCUT2D eigenvalue weighted by atomic mass is 10.1. The minimum Gasteiger partial charge on any atom is -0.370 e. The SMILES string of the molecule is CC(C)C(N)CNc1cccc2nccn12. The van der Waals surface area contributed by atoms with E-state index in [1.165, 1.54) is 0 Å².